The fraction of sp³-hybridized carbons (Fsp3) is 0.188. The van der Waals surface area contributed by atoms with Gasteiger partial charge in [-0.1, -0.05) is 18.7 Å². The van der Waals surface area contributed by atoms with Crippen molar-refractivity contribution in [2.24, 2.45) is 0 Å². The van der Waals surface area contributed by atoms with Gasteiger partial charge >= 0.3 is 0 Å². The molecule has 104 valence electrons. The minimum Gasteiger partial charge on any atom is -0.334 e. The van der Waals surface area contributed by atoms with Crippen LogP contribution in [0.1, 0.15) is 12.5 Å². The quantitative estimate of drug-likeness (QED) is 0.829. The van der Waals surface area contributed by atoms with E-state index in [0.717, 1.165) is 23.1 Å². The highest BCUT2D eigenvalue weighted by Gasteiger charge is 2.13. The van der Waals surface area contributed by atoms with E-state index in [2.05, 4.69) is 11.6 Å². The molecule has 0 N–H and O–H groups in total. The van der Waals surface area contributed by atoms with Gasteiger partial charge in [-0.2, -0.15) is 0 Å². The number of pyridine rings is 1. The Kier molecular flexibility index (Phi) is 3.84. The number of allylic oxidation sites excluding steroid dienone is 1. The van der Waals surface area contributed by atoms with Crippen molar-refractivity contribution in [2.75, 3.05) is 11.9 Å². The van der Waals surface area contributed by atoms with E-state index < -0.39 is 11.6 Å². The van der Waals surface area contributed by atoms with Crippen LogP contribution >= 0.6 is 0 Å². The highest BCUT2D eigenvalue weighted by atomic mass is 19.2. The number of halogens is 2. The van der Waals surface area contributed by atoms with Crippen LogP contribution < -0.4 is 4.90 Å². The Morgan fingerprint density at radius 2 is 2.00 bits per heavy atom. The summed E-state index contributed by atoms with van der Waals surface area (Å²) in [6.07, 6.45) is 1.54. The summed E-state index contributed by atoms with van der Waals surface area (Å²) in [5, 5.41) is 0. The van der Waals surface area contributed by atoms with E-state index in [-0.39, 0.29) is 5.56 Å². The van der Waals surface area contributed by atoms with Gasteiger partial charge in [-0.3, -0.25) is 0 Å². The van der Waals surface area contributed by atoms with Gasteiger partial charge in [-0.25, -0.2) is 13.8 Å². The minimum atomic E-state index is -0.858. The Morgan fingerprint density at radius 3 is 2.60 bits per heavy atom. The van der Waals surface area contributed by atoms with Crippen LogP contribution in [0.3, 0.4) is 0 Å². The van der Waals surface area contributed by atoms with Crippen LogP contribution in [-0.2, 0) is 0 Å². The molecule has 0 bridgehead atoms. The lowest BCUT2D eigenvalue weighted by Crippen LogP contribution is -2.16. The lowest BCUT2D eigenvalue weighted by Gasteiger charge is -2.20. The van der Waals surface area contributed by atoms with E-state index in [9.17, 15) is 8.78 Å². The summed E-state index contributed by atoms with van der Waals surface area (Å²) in [4.78, 5) is 6.17. The van der Waals surface area contributed by atoms with Crippen molar-refractivity contribution in [1.29, 1.82) is 0 Å². The second-order valence-electron chi connectivity index (χ2n) is 4.76. The van der Waals surface area contributed by atoms with Crippen LogP contribution in [0.25, 0.3) is 11.1 Å². The van der Waals surface area contributed by atoms with E-state index in [4.69, 9.17) is 0 Å². The van der Waals surface area contributed by atoms with Crippen molar-refractivity contribution in [2.45, 2.75) is 13.8 Å². The molecule has 0 amide bonds. The van der Waals surface area contributed by atoms with Crippen molar-refractivity contribution in [3.63, 3.8) is 0 Å². The minimum absolute atomic E-state index is 0.213. The number of nitrogens with zero attached hydrogens (tertiary/aromatic N) is 2. The second-order valence-corrected chi connectivity index (χ2v) is 4.76. The molecule has 20 heavy (non-hydrogen) atoms. The standard InChI is InChI=1S/C16H16F2N2/c1-10(2)20(4)16-11(3)8-12(9-19-16)13-6-5-7-14(17)15(13)18/h5-9H,1H2,2-4H3. The Balaban J connectivity index is 2.49. The van der Waals surface area contributed by atoms with E-state index in [1.54, 1.807) is 12.3 Å². The van der Waals surface area contributed by atoms with Gasteiger partial charge in [-0.05, 0) is 31.5 Å². The van der Waals surface area contributed by atoms with E-state index >= 15 is 0 Å². The number of hydrogen-bond donors (Lipinski definition) is 0. The van der Waals surface area contributed by atoms with Gasteiger partial charge < -0.3 is 4.90 Å². The Hall–Kier alpha value is -2.23. The molecule has 0 unspecified atom stereocenters. The van der Waals surface area contributed by atoms with Gasteiger partial charge in [-0.15, -0.1) is 0 Å². The van der Waals surface area contributed by atoms with Gasteiger partial charge in [0.15, 0.2) is 11.6 Å². The average Bonchev–Trinajstić information content (AvgIpc) is 2.41. The van der Waals surface area contributed by atoms with E-state index in [1.165, 1.54) is 12.1 Å². The third-order valence-electron chi connectivity index (χ3n) is 3.20. The predicted molar refractivity (Wildman–Crippen MR) is 77.5 cm³/mol. The molecule has 1 aromatic carbocycles. The maximum Gasteiger partial charge on any atom is 0.166 e. The molecule has 0 fully saturated rings. The smallest absolute Gasteiger partial charge is 0.166 e. The van der Waals surface area contributed by atoms with Crippen molar-refractivity contribution in [1.82, 2.24) is 4.98 Å². The summed E-state index contributed by atoms with van der Waals surface area (Å²) in [5.74, 6) is -0.962. The fourth-order valence-electron chi connectivity index (χ4n) is 1.97. The monoisotopic (exact) mass is 274 g/mol. The Labute approximate surface area is 117 Å². The summed E-state index contributed by atoms with van der Waals surface area (Å²) >= 11 is 0. The molecular weight excluding hydrogens is 258 g/mol. The van der Waals surface area contributed by atoms with Crippen LogP contribution in [0.5, 0.6) is 0 Å². The average molecular weight is 274 g/mol. The number of rotatable bonds is 3. The third kappa shape index (κ3) is 2.54. The Bertz CT molecular complexity index is 666. The van der Waals surface area contributed by atoms with Gasteiger partial charge in [0.05, 0.1) is 0 Å². The molecule has 2 aromatic rings. The molecule has 0 atom stereocenters. The molecular formula is C16H16F2N2. The SMILES string of the molecule is C=C(C)N(C)c1ncc(-c2cccc(F)c2F)cc1C. The number of anilines is 1. The Morgan fingerprint density at radius 1 is 1.30 bits per heavy atom. The molecule has 2 nitrogen and oxygen atoms in total. The fourth-order valence-corrected chi connectivity index (χ4v) is 1.97. The lowest BCUT2D eigenvalue weighted by atomic mass is 10.0. The summed E-state index contributed by atoms with van der Waals surface area (Å²) in [7, 11) is 1.86. The molecule has 0 radical (unpaired) electrons. The van der Waals surface area contributed by atoms with Crippen molar-refractivity contribution >= 4 is 5.82 Å². The summed E-state index contributed by atoms with van der Waals surface area (Å²) in [5.41, 5.74) is 2.49. The maximum atomic E-state index is 13.8. The highest BCUT2D eigenvalue weighted by Crippen LogP contribution is 2.28. The molecule has 0 spiro atoms. The van der Waals surface area contributed by atoms with Gasteiger partial charge in [0.1, 0.15) is 5.82 Å². The van der Waals surface area contributed by atoms with Gasteiger partial charge in [0.2, 0.25) is 0 Å². The molecule has 0 saturated heterocycles. The summed E-state index contributed by atoms with van der Waals surface area (Å²) < 4.78 is 27.0. The molecule has 2 rings (SSSR count). The van der Waals surface area contributed by atoms with Crippen LogP contribution in [0.2, 0.25) is 0 Å². The first-order chi connectivity index (χ1) is 9.41. The number of aryl methyl sites for hydroxylation is 1. The maximum absolute atomic E-state index is 13.8. The largest absolute Gasteiger partial charge is 0.334 e. The van der Waals surface area contributed by atoms with Gasteiger partial charge in [0, 0.05) is 30.1 Å². The zero-order valence-corrected chi connectivity index (χ0v) is 11.7. The van der Waals surface area contributed by atoms with Gasteiger partial charge in [0.25, 0.3) is 0 Å². The van der Waals surface area contributed by atoms with Crippen molar-refractivity contribution in [3.05, 3.63) is 59.9 Å². The normalized spacial score (nSPS) is 10.4. The first kappa shape index (κ1) is 14.2. The number of hydrogen-bond acceptors (Lipinski definition) is 2. The first-order valence-corrected chi connectivity index (χ1v) is 6.22. The van der Waals surface area contributed by atoms with Crippen molar-refractivity contribution in [3.8, 4) is 11.1 Å². The molecule has 1 aromatic heterocycles. The number of aromatic nitrogens is 1. The third-order valence-corrected chi connectivity index (χ3v) is 3.20. The van der Waals surface area contributed by atoms with E-state index in [1.807, 2.05) is 25.8 Å². The van der Waals surface area contributed by atoms with Crippen molar-refractivity contribution < 1.29 is 8.78 Å². The van der Waals surface area contributed by atoms with Crippen LogP contribution in [0.4, 0.5) is 14.6 Å². The van der Waals surface area contributed by atoms with Crippen LogP contribution in [0, 0.1) is 18.6 Å². The lowest BCUT2D eigenvalue weighted by molar-refractivity contribution is 0.511. The molecule has 0 aliphatic heterocycles. The molecule has 4 heteroatoms. The first-order valence-electron chi connectivity index (χ1n) is 6.22. The number of benzene rings is 1. The second kappa shape index (κ2) is 5.41. The molecule has 0 aliphatic rings. The van der Waals surface area contributed by atoms with Crippen LogP contribution in [0.15, 0.2) is 42.7 Å². The van der Waals surface area contributed by atoms with E-state index in [0.29, 0.717) is 5.56 Å². The van der Waals surface area contributed by atoms with Crippen LogP contribution in [-0.4, -0.2) is 12.0 Å². The summed E-state index contributed by atoms with van der Waals surface area (Å²) in [6, 6.07) is 5.91. The summed E-state index contributed by atoms with van der Waals surface area (Å²) in [6.45, 7) is 7.61. The highest BCUT2D eigenvalue weighted by molar-refractivity contribution is 5.67. The zero-order chi connectivity index (χ0) is 14.9. The topological polar surface area (TPSA) is 16.1 Å². The molecule has 1 heterocycles. The predicted octanol–water partition coefficient (Wildman–Crippen LogP) is 4.31. The molecule has 0 saturated carbocycles. The molecule has 0 aliphatic carbocycles. The zero-order valence-electron chi connectivity index (χ0n) is 11.7.